The van der Waals surface area contributed by atoms with Crippen molar-refractivity contribution in [2.45, 2.75) is 20.3 Å². The Kier molecular flexibility index (Phi) is 4.24. The van der Waals surface area contributed by atoms with Crippen LogP contribution in [0.5, 0.6) is 0 Å². The molecule has 0 fully saturated rings. The van der Waals surface area contributed by atoms with Crippen LogP contribution in [0.15, 0.2) is 18.2 Å². The lowest BCUT2D eigenvalue weighted by atomic mass is 9.90. The predicted octanol–water partition coefficient (Wildman–Crippen LogP) is 2.75. The number of benzene rings is 1. The van der Waals surface area contributed by atoms with Gasteiger partial charge >= 0.3 is 0 Å². The van der Waals surface area contributed by atoms with E-state index in [2.05, 4.69) is 19.2 Å². The molecule has 0 aliphatic carbocycles. The van der Waals surface area contributed by atoms with Crippen molar-refractivity contribution >= 4 is 5.69 Å². The lowest BCUT2D eigenvalue weighted by Crippen LogP contribution is -2.26. The number of hydrogen-bond donors (Lipinski definition) is 2. The third-order valence-corrected chi connectivity index (χ3v) is 2.60. The maximum atomic E-state index is 13.2. The molecule has 1 aromatic rings. The van der Waals surface area contributed by atoms with Crippen LogP contribution in [-0.2, 0) is 0 Å². The van der Waals surface area contributed by atoms with E-state index in [1.807, 2.05) is 0 Å². The van der Waals surface area contributed by atoms with Crippen molar-refractivity contribution in [1.82, 2.24) is 0 Å². The smallest absolute Gasteiger partial charge is 0.149 e. The summed E-state index contributed by atoms with van der Waals surface area (Å²) in [5, 5.41) is 2.93. The fraction of sp³-hybridized carbons (Fsp3) is 0.500. The maximum absolute atomic E-state index is 13.2. The van der Waals surface area contributed by atoms with Crippen molar-refractivity contribution in [3.05, 3.63) is 29.8 Å². The number of anilines is 1. The lowest BCUT2D eigenvalue weighted by molar-refractivity contribution is 0.358. The number of nitrogens with one attached hydrogen (secondary N) is 1. The Balaban J connectivity index is 2.49. The maximum Gasteiger partial charge on any atom is 0.149 e. The van der Waals surface area contributed by atoms with Gasteiger partial charge in [-0.3, -0.25) is 0 Å². The molecule has 0 aliphatic rings. The van der Waals surface area contributed by atoms with Crippen molar-refractivity contribution < 1.29 is 8.78 Å². The number of hydrogen-bond acceptors (Lipinski definition) is 2. The van der Waals surface area contributed by atoms with E-state index in [0.717, 1.165) is 12.5 Å². The first kappa shape index (κ1) is 12.9. The summed E-state index contributed by atoms with van der Waals surface area (Å²) in [6.07, 6.45) is 0.834. The van der Waals surface area contributed by atoms with Gasteiger partial charge in [0.2, 0.25) is 0 Å². The summed E-state index contributed by atoms with van der Waals surface area (Å²) in [5.74, 6) is -1.13. The van der Waals surface area contributed by atoms with Gasteiger partial charge in [-0.2, -0.15) is 0 Å². The first-order valence-corrected chi connectivity index (χ1v) is 5.33. The summed E-state index contributed by atoms with van der Waals surface area (Å²) in [7, 11) is 0. The first-order valence-electron chi connectivity index (χ1n) is 5.33. The Morgan fingerprint density at radius 1 is 1.31 bits per heavy atom. The Bertz CT molecular complexity index is 351. The van der Waals surface area contributed by atoms with Crippen molar-refractivity contribution in [1.29, 1.82) is 0 Å². The Morgan fingerprint density at radius 2 is 2.00 bits per heavy atom. The van der Waals surface area contributed by atoms with E-state index in [4.69, 9.17) is 5.73 Å². The van der Waals surface area contributed by atoms with E-state index in [9.17, 15) is 8.78 Å². The van der Waals surface area contributed by atoms with Crippen LogP contribution in [-0.4, -0.2) is 13.1 Å². The summed E-state index contributed by atoms with van der Waals surface area (Å²) in [5.41, 5.74) is 5.94. The molecule has 0 unspecified atom stereocenters. The van der Waals surface area contributed by atoms with Gasteiger partial charge in [0.05, 0.1) is 5.69 Å². The van der Waals surface area contributed by atoms with Gasteiger partial charge < -0.3 is 11.1 Å². The zero-order valence-corrected chi connectivity index (χ0v) is 9.69. The molecule has 0 saturated heterocycles. The van der Waals surface area contributed by atoms with E-state index in [0.29, 0.717) is 18.8 Å². The summed E-state index contributed by atoms with van der Waals surface area (Å²) >= 11 is 0. The minimum atomic E-state index is -0.565. The van der Waals surface area contributed by atoms with Crippen molar-refractivity contribution in [3.8, 4) is 0 Å². The minimum absolute atomic E-state index is 0.0313. The van der Waals surface area contributed by atoms with Gasteiger partial charge in [-0.1, -0.05) is 13.8 Å². The van der Waals surface area contributed by atoms with Crippen LogP contribution in [0.3, 0.4) is 0 Å². The quantitative estimate of drug-likeness (QED) is 0.813. The Hall–Kier alpha value is -1.16. The predicted molar refractivity (Wildman–Crippen MR) is 62.3 cm³/mol. The number of halogens is 2. The van der Waals surface area contributed by atoms with Crippen LogP contribution in [0.4, 0.5) is 14.5 Å². The average Bonchev–Trinajstić information content (AvgIpc) is 2.21. The molecule has 0 radical (unpaired) electrons. The van der Waals surface area contributed by atoms with Gasteiger partial charge in [0.15, 0.2) is 0 Å². The molecule has 0 bridgehead atoms. The Labute approximate surface area is 94.8 Å². The van der Waals surface area contributed by atoms with E-state index in [1.165, 1.54) is 12.1 Å². The second kappa shape index (κ2) is 5.25. The molecule has 0 heterocycles. The van der Waals surface area contributed by atoms with E-state index < -0.39 is 11.6 Å². The van der Waals surface area contributed by atoms with E-state index >= 15 is 0 Å². The van der Waals surface area contributed by atoms with Gasteiger partial charge in [-0.15, -0.1) is 0 Å². The minimum Gasteiger partial charge on any atom is -0.383 e. The van der Waals surface area contributed by atoms with Crippen LogP contribution >= 0.6 is 0 Å². The van der Waals surface area contributed by atoms with Crippen molar-refractivity contribution in [2.24, 2.45) is 11.1 Å². The normalized spacial score (nSPS) is 11.6. The van der Waals surface area contributed by atoms with Crippen LogP contribution in [0.1, 0.15) is 20.3 Å². The van der Waals surface area contributed by atoms with Crippen LogP contribution in [0, 0.1) is 17.0 Å². The summed E-state index contributed by atoms with van der Waals surface area (Å²) < 4.78 is 25.9. The molecule has 1 aromatic carbocycles. The largest absolute Gasteiger partial charge is 0.383 e. The van der Waals surface area contributed by atoms with Gasteiger partial charge in [0.25, 0.3) is 0 Å². The highest BCUT2D eigenvalue weighted by molar-refractivity contribution is 5.44. The molecular weight excluding hydrogens is 210 g/mol. The fourth-order valence-corrected chi connectivity index (χ4v) is 1.27. The molecule has 0 amide bonds. The van der Waals surface area contributed by atoms with Crippen LogP contribution in [0.2, 0.25) is 0 Å². The first-order chi connectivity index (χ1) is 7.44. The zero-order chi connectivity index (χ0) is 12.2. The molecule has 0 atom stereocenters. The lowest BCUT2D eigenvalue weighted by Gasteiger charge is -2.22. The van der Waals surface area contributed by atoms with Gasteiger partial charge in [0.1, 0.15) is 11.6 Å². The summed E-state index contributed by atoms with van der Waals surface area (Å²) in [6, 6.07) is 3.51. The highest BCUT2D eigenvalue weighted by Crippen LogP contribution is 2.19. The Morgan fingerprint density at radius 3 is 2.56 bits per heavy atom. The van der Waals surface area contributed by atoms with Crippen molar-refractivity contribution in [2.75, 3.05) is 18.4 Å². The highest BCUT2D eigenvalue weighted by Gasteiger charge is 2.14. The zero-order valence-electron chi connectivity index (χ0n) is 9.69. The molecule has 90 valence electrons. The van der Waals surface area contributed by atoms with Gasteiger partial charge in [0, 0.05) is 12.6 Å². The SMILES string of the molecule is CC(C)(CN)CCNc1ccc(F)cc1F. The molecule has 0 saturated carbocycles. The van der Waals surface area contributed by atoms with Gasteiger partial charge in [-0.25, -0.2) is 8.78 Å². The van der Waals surface area contributed by atoms with E-state index in [1.54, 1.807) is 0 Å². The van der Waals surface area contributed by atoms with E-state index in [-0.39, 0.29) is 5.41 Å². The molecule has 2 nitrogen and oxygen atoms in total. The third kappa shape index (κ3) is 3.77. The average molecular weight is 228 g/mol. The third-order valence-electron chi connectivity index (χ3n) is 2.60. The summed E-state index contributed by atoms with van der Waals surface area (Å²) in [6.45, 7) is 5.30. The van der Waals surface area contributed by atoms with Gasteiger partial charge in [-0.05, 0) is 30.5 Å². The second-order valence-electron chi connectivity index (χ2n) is 4.67. The molecule has 0 aliphatic heterocycles. The molecule has 3 N–H and O–H groups in total. The molecular formula is C12H18F2N2. The molecule has 16 heavy (non-hydrogen) atoms. The number of rotatable bonds is 5. The molecule has 0 aromatic heterocycles. The van der Waals surface area contributed by atoms with Crippen molar-refractivity contribution in [3.63, 3.8) is 0 Å². The second-order valence-corrected chi connectivity index (χ2v) is 4.67. The molecule has 4 heteroatoms. The fourth-order valence-electron chi connectivity index (χ4n) is 1.27. The number of nitrogens with two attached hydrogens (primary N) is 1. The standard InChI is InChI=1S/C12H18F2N2/c1-12(2,8-15)5-6-16-11-4-3-9(13)7-10(11)14/h3-4,7,16H,5-6,8,15H2,1-2H3. The molecule has 0 spiro atoms. The summed E-state index contributed by atoms with van der Waals surface area (Å²) in [4.78, 5) is 0. The van der Waals surface area contributed by atoms with Crippen LogP contribution < -0.4 is 11.1 Å². The molecule has 1 rings (SSSR count). The van der Waals surface area contributed by atoms with Crippen LogP contribution in [0.25, 0.3) is 0 Å². The highest BCUT2D eigenvalue weighted by atomic mass is 19.1. The topological polar surface area (TPSA) is 38.0 Å². The monoisotopic (exact) mass is 228 g/mol.